The van der Waals surface area contributed by atoms with Crippen LogP contribution in [0.25, 0.3) is 0 Å². The molecule has 1 saturated heterocycles. The monoisotopic (exact) mass is 292 g/mol. The van der Waals surface area contributed by atoms with Crippen LogP contribution < -0.4 is 11.1 Å². The second-order valence-electron chi connectivity index (χ2n) is 4.95. The molecule has 2 heterocycles. The summed E-state index contributed by atoms with van der Waals surface area (Å²) in [5, 5.41) is 2.89. The van der Waals surface area contributed by atoms with Gasteiger partial charge in [0.2, 0.25) is 0 Å². The van der Waals surface area contributed by atoms with Gasteiger partial charge in [0.1, 0.15) is 10.7 Å². The minimum Gasteiger partial charge on any atom is -0.389 e. The first-order chi connectivity index (χ1) is 9.66. The van der Waals surface area contributed by atoms with Gasteiger partial charge >= 0.3 is 0 Å². The van der Waals surface area contributed by atoms with Crippen molar-refractivity contribution in [1.82, 2.24) is 15.2 Å². The highest BCUT2D eigenvalue weighted by Gasteiger charge is 2.11. The molecule has 0 spiro atoms. The minimum atomic E-state index is -0.156. The van der Waals surface area contributed by atoms with Gasteiger partial charge in [0.25, 0.3) is 5.91 Å². The molecule has 0 radical (unpaired) electrons. The second kappa shape index (κ2) is 7.31. The summed E-state index contributed by atoms with van der Waals surface area (Å²) in [6, 6.07) is 3.36. The standard InChI is InChI=1S/C14H20N4OS/c15-13(20)11-4-5-12(17-10-11)14(19)16-6-9-18-7-2-1-3-8-18/h4-5,10H,1-3,6-9H2,(H2,15,20)(H,16,19). The van der Waals surface area contributed by atoms with E-state index in [0.717, 1.165) is 19.6 Å². The van der Waals surface area contributed by atoms with Gasteiger partial charge < -0.3 is 16.0 Å². The highest BCUT2D eigenvalue weighted by atomic mass is 32.1. The number of nitrogens with one attached hydrogen (secondary N) is 1. The van der Waals surface area contributed by atoms with Crippen molar-refractivity contribution in [1.29, 1.82) is 0 Å². The summed E-state index contributed by atoms with van der Waals surface area (Å²) >= 11 is 4.85. The molecule has 1 aliphatic heterocycles. The third-order valence-corrected chi connectivity index (χ3v) is 3.68. The molecular weight excluding hydrogens is 272 g/mol. The third-order valence-electron chi connectivity index (χ3n) is 3.44. The summed E-state index contributed by atoms with van der Waals surface area (Å²) in [5.41, 5.74) is 6.55. The predicted molar refractivity (Wildman–Crippen MR) is 82.7 cm³/mol. The highest BCUT2D eigenvalue weighted by molar-refractivity contribution is 7.80. The first kappa shape index (κ1) is 14.9. The van der Waals surface area contributed by atoms with Crippen LogP contribution in [0.15, 0.2) is 18.3 Å². The van der Waals surface area contributed by atoms with E-state index in [0.29, 0.717) is 17.8 Å². The average molecular weight is 292 g/mol. The molecule has 0 atom stereocenters. The number of aromatic nitrogens is 1. The number of carbonyl (C=O) groups excluding carboxylic acids is 1. The van der Waals surface area contributed by atoms with Crippen LogP contribution in [0.3, 0.4) is 0 Å². The van der Waals surface area contributed by atoms with E-state index in [1.165, 1.54) is 25.5 Å². The SMILES string of the molecule is NC(=S)c1ccc(C(=O)NCCN2CCCCC2)nc1. The van der Waals surface area contributed by atoms with Crippen molar-refractivity contribution >= 4 is 23.1 Å². The molecule has 0 bridgehead atoms. The lowest BCUT2D eigenvalue weighted by molar-refractivity contribution is 0.0941. The summed E-state index contributed by atoms with van der Waals surface area (Å²) in [6.45, 7) is 3.82. The molecule has 0 unspecified atom stereocenters. The molecule has 5 nitrogen and oxygen atoms in total. The van der Waals surface area contributed by atoms with Gasteiger partial charge in [-0.15, -0.1) is 0 Å². The van der Waals surface area contributed by atoms with E-state index in [2.05, 4.69) is 15.2 Å². The van der Waals surface area contributed by atoms with Crippen LogP contribution in [-0.2, 0) is 0 Å². The van der Waals surface area contributed by atoms with Crippen molar-refractivity contribution in [2.24, 2.45) is 5.73 Å². The van der Waals surface area contributed by atoms with Gasteiger partial charge in [-0.3, -0.25) is 9.78 Å². The van der Waals surface area contributed by atoms with Crippen LogP contribution in [0.4, 0.5) is 0 Å². The number of carbonyl (C=O) groups is 1. The molecule has 1 aliphatic rings. The molecule has 1 aromatic rings. The van der Waals surface area contributed by atoms with E-state index in [9.17, 15) is 4.79 Å². The molecule has 6 heteroatoms. The van der Waals surface area contributed by atoms with E-state index in [4.69, 9.17) is 18.0 Å². The Hall–Kier alpha value is -1.53. The molecule has 108 valence electrons. The van der Waals surface area contributed by atoms with E-state index >= 15 is 0 Å². The molecule has 20 heavy (non-hydrogen) atoms. The van der Waals surface area contributed by atoms with Gasteiger partial charge in [0.15, 0.2) is 0 Å². The van der Waals surface area contributed by atoms with Crippen LogP contribution in [-0.4, -0.2) is 47.0 Å². The third kappa shape index (κ3) is 4.25. The number of pyridine rings is 1. The summed E-state index contributed by atoms with van der Waals surface area (Å²) in [6.07, 6.45) is 5.37. The number of piperidine rings is 1. The largest absolute Gasteiger partial charge is 0.389 e. The number of thiocarbonyl (C=S) groups is 1. The van der Waals surface area contributed by atoms with E-state index in [1.54, 1.807) is 12.1 Å². The van der Waals surface area contributed by atoms with Gasteiger partial charge in [-0.1, -0.05) is 18.6 Å². The predicted octanol–water partition coefficient (Wildman–Crippen LogP) is 0.931. The molecule has 2 rings (SSSR count). The van der Waals surface area contributed by atoms with E-state index < -0.39 is 0 Å². The fraction of sp³-hybridized carbons (Fsp3) is 0.500. The molecule has 1 aromatic heterocycles. The average Bonchev–Trinajstić information content (AvgIpc) is 2.48. The lowest BCUT2D eigenvalue weighted by Gasteiger charge is -2.26. The maximum atomic E-state index is 11.9. The molecule has 1 amide bonds. The Morgan fingerprint density at radius 1 is 1.35 bits per heavy atom. The fourth-order valence-electron chi connectivity index (χ4n) is 2.28. The van der Waals surface area contributed by atoms with E-state index in [1.807, 2.05) is 0 Å². The number of nitrogens with two attached hydrogens (primary N) is 1. The lowest BCUT2D eigenvalue weighted by atomic mass is 10.1. The zero-order valence-electron chi connectivity index (χ0n) is 11.5. The zero-order valence-corrected chi connectivity index (χ0v) is 12.3. The summed E-state index contributed by atoms with van der Waals surface area (Å²) in [7, 11) is 0. The van der Waals surface area contributed by atoms with Gasteiger partial charge in [-0.2, -0.15) is 0 Å². The maximum absolute atomic E-state index is 11.9. The summed E-state index contributed by atoms with van der Waals surface area (Å²) in [4.78, 5) is 18.7. The maximum Gasteiger partial charge on any atom is 0.269 e. The number of nitrogens with zero attached hydrogens (tertiary/aromatic N) is 2. The Kier molecular flexibility index (Phi) is 5.43. The molecule has 0 aliphatic carbocycles. The Labute approximate surface area is 124 Å². The Balaban J connectivity index is 1.77. The Bertz CT molecular complexity index is 469. The number of amides is 1. The first-order valence-corrected chi connectivity index (χ1v) is 7.34. The molecule has 0 saturated carbocycles. The van der Waals surface area contributed by atoms with Crippen molar-refractivity contribution in [2.45, 2.75) is 19.3 Å². The quantitative estimate of drug-likeness (QED) is 0.790. The topological polar surface area (TPSA) is 71.2 Å². The normalized spacial score (nSPS) is 15.8. The number of hydrogen-bond donors (Lipinski definition) is 2. The van der Waals surface area contributed by atoms with Crippen LogP contribution in [0.5, 0.6) is 0 Å². The lowest BCUT2D eigenvalue weighted by Crippen LogP contribution is -2.37. The highest BCUT2D eigenvalue weighted by Crippen LogP contribution is 2.07. The Morgan fingerprint density at radius 2 is 2.10 bits per heavy atom. The minimum absolute atomic E-state index is 0.156. The van der Waals surface area contributed by atoms with Crippen LogP contribution in [0, 0.1) is 0 Å². The zero-order chi connectivity index (χ0) is 14.4. The van der Waals surface area contributed by atoms with Crippen LogP contribution >= 0.6 is 12.2 Å². The number of rotatable bonds is 5. The molecule has 0 aromatic carbocycles. The van der Waals surface area contributed by atoms with Crippen LogP contribution in [0.1, 0.15) is 35.3 Å². The summed E-state index contributed by atoms with van der Waals surface area (Å²) in [5.74, 6) is -0.156. The van der Waals surface area contributed by atoms with E-state index in [-0.39, 0.29) is 10.9 Å². The molecule has 1 fully saturated rings. The van der Waals surface area contributed by atoms with Crippen LogP contribution in [0.2, 0.25) is 0 Å². The van der Waals surface area contributed by atoms with Crippen molar-refractivity contribution in [3.05, 3.63) is 29.6 Å². The molecular formula is C14H20N4OS. The second-order valence-corrected chi connectivity index (χ2v) is 5.39. The van der Waals surface area contributed by atoms with Gasteiger partial charge in [0, 0.05) is 24.8 Å². The van der Waals surface area contributed by atoms with Crippen molar-refractivity contribution < 1.29 is 4.79 Å². The number of hydrogen-bond acceptors (Lipinski definition) is 4. The first-order valence-electron chi connectivity index (χ1n) is 6.93. The van der Waals surface area contributed by atoms with Gasteiger partial charge in [0.05, 0.1) is 0 Å². The fourth-order valence-corrected chi connectivity index (χ4v) is 2.40. The van der Waals surface area contributed by atoms with Gasteiger partial charge in [-0.05, 0) is 38.1 Å². The van der Waals surface area contributed by atoms with Crippen molar-refractivity contribution in [3.63, 3.8) is 0 Å². The van der Waals surface area contributed by atoms with Crippen molar-refractivity contribution in [3.8, 4) is 0 Å². The van der Waals surface area contributed by atoms with Crippen molar-refractivity contribution in [2.75, 3.05) is 26.2 Å². The molecule has 3 N–H and O–H groups in total. The van der Waals surface area contributed by atoms with Gasteiger partial charge in [-0.25, -0.2) is 0 Å². The number of likely N-dealkylation sites (tertiary alicyclic amines) is 1. The summed E-state index contributed by atoms with van der Waals surface area (Å²) < 4.78 is 0. The Morgan fingerprint density at radius 3 is 2.70 bits per heavy atom. The smallest absolute Gasteiger partial charge is 0.269 e.